The second kappa shape index (κ2) is 6.64. The molecule has 1 N–H and O–H groups in total. The fraction of sp³-hybridized carbons (Fsp3) is 0.143. The molecule has 6 nitrogen and oxygen atoms in total. The van der Waals surface area contributed by atoms with Crippen LogP contribution in [0.4, 0.5) is 5.69 Å². The van der Waals surface area contributed by atoms with Crippen LogP contribution in [0.15, 0.2) is 59.7 Å². The van der Waals surface area contributed by atoms with E-state index in [0.717, 1.165) is 23.8 Å². The fourth-order valence-electron chi connectivity index (χ4n) is 3.56. The standard InChI is InChI=1S/C21H17N3O3/c1-13(22-23-21(25)16-7-10-17(11-8-16)24(26)27)18-12-9-15-6-5-14-3-2-4-19(18)20(14)15/h2-4,7-12H,5-6H2,1H3,(H,23,25)/b22-13+. The molecule has 0 heterocycles. The highest BCUT2D eigenvalue weighted by Gasteiger charge is 2.17. The normalized spacial score (nSPS) is 13.0. The summed E-state index contributed by atoms with van der Waals surface area (Å²) in [7, 11) is 0. The van der Waals surface area contributed by atoms with Crippen LogP contribution in [0.25, 0.3) is 10.8 Å². The molecule has 1 aliphatic carbocycles. The number of hydrogen-bond acceptors (Lipinski definition) is 4. The minimum absolute atomic E-state index is 0.0564. The van der Waals surface area contributed by atoms with E-state index in [0.29, 0.717) is 11.3 Å². The van der Waals surface area contributed by atoms with Crippen molar-refractivity contribution in [2.24, 2.45) is 5.10 Å². The quantitative estimate of drug-likeness (QED) is 0.434. The first-order valence-electron chi connectivity index (χ1n) is 8.67. The van der Waals surface area contributed by atoms with E-state index >= 15 is 0 Å². The maximum absolute atomic E-state index is 12.3. The number of nitrogens with one attached hydrogen (secondary N) is 1. The lowest BCUT2D eigenvalue weighted by Crippen LogP contribution is -2.19. The van der Waals surface area contributed by atoms with Crippen molar-refractivity contribution in [1.29, 1.82) is 0 Å². The topological polar surface area (TPSA) is 84.6 Å². The van der Waals surface area contributed by atoms with Crippen molar-refractivity contribution in [3.05, 3.63) is 87.0 Å². The van der Waals surface area contributed by atoms with Gasteiger partial charge in [-0.25, -0.2) is 5.43 Å². The molecular formula is C21H17N3O3. The van der Waals surface area contributed by atoms with Gasteiger partial charge in [0.05, 0.1) is 10.6 Å². The molecule has 0 unspecified atom stereocenters. The van der Waals surface area contributed by atoms with Crippen LogP contribution in [0.2, 0.25) is 0 Å². The van der Waals surface area contributed by atoms with E-state index in [1.807, 2.05) is 13.0 Å². The summed E-state index contributed by atoms with van der Waals surface area (Å²) in [5.41, 5.74) is 7.20. The number of amides is 1. The Labute approximate surface area is 155 Å². The molecule has 0 saturated carbocycles. The van der Waals surface area contributed by atoms with Crippen LogP contribution in [-0.2, 0) is 12.8 Å². The number of carbonyl (C=O) groups excluding carboxylic acids is 1. The lowest BCUT2D eigenvalue weighted by molar-refractivity contribution is -0.384. The predicted molar refractivity (Wildman–Crippen MR) is 104 cm³/mol. The molecule has 4 rings (SSSR count). The maximum atomic E-state index is 12.3. The Hall–Kier alpha value is -3.54. The summed E-state index contributed by atoms with van der Waals surface area (Å²) in [4.78, 5) is 22.5. The van der Waals surface area contributed by atoms with E-state index in [1.165, 1.54) is 40.8 Å². The minimum atomic E-state index is -0.500. The zero-order chi connectivity index (χ0) is 19.0. The third kappa shape index (κ3) is 3.06. The van der Waals surface area contributed by atoms with Gasteiger partial charge in [0, 0.05) is 23.3 Å². The highest BCUT2D eigenvalue weighted by molar-refractivity contribution is 6.11. The molecule has 6 heteroatoms. The van der Waals surface area contributed by atoms with Gasteiger partial charge in [0.2, 0.25) is 0 Å². The Morgan fingerprint density at radius 2 is 1.74 bits per heavy atom. The number of benzene rings is 3. The van der Waals surface area contributed by atoms with Crippen molar-refractivity contribution >= 4 is 28.1 Å². The molecule has 0 saturated heterocycles. The van der Waals surface area contributed by atoms with Gasteiger partial charge >= 0.3 is 0 Å². The van der Waals surface area contributed by atoms with Crippen LogP contribution in [0.1, 0.15) is 34.0 Å². The highest BCUT2D eigenvalue weighted by atomic mass is 16.6. The number of rotatable bonds is 4. The van der Waals surface area contributed by atoms with Gasteiger partial charge < -0.3 is 0 Å². The summed E-state index contributed by atoms with van der Waals surface area (Å²) in [5.74, 6) is -0.407. The van der Waals surface area contributed by atoms with Gasteiger partial charge in [0.1, 0.15) is 0 Å². The van der Waals surface area contributed by atoms with Crippen LogP contribution in [0.3, 0.4) is 0 Å². The lowest BCUT2D eigenvalue weighted by Gasteiger charge is -2.09. The minimum Gasteiger partial charge on any atom is -0.267 e. The number of carbonyl (C=O) groups is 1. The summed E-state index contributed by atoms with van der Waals surface area (Å²) in [6, 6.07) is 15.9. The Kier molecular flexibility index (Phi) is 4.16. The van der Waals surface area contributed by atoms with Crippen LogP contribution in [0.5, 0.6) is 0 Å². The van der Waals surface area contributed by atoms with Gasteiger partial charge in [-0.15, -0.1) is 0 Å². The summed E-state index contributed by atoms with van der Waals surface area (Å²) < 4.78 is 0. The molecule has 0 bridgehead atoms. The van der Waals surface area contributed by atoms with E-state index in [2.05, 4.69) is 34.8 Å². The predicted octanol–water partition coefficient (Wildman–Crippen LogP) is 4.00. The zero-order valence-corrected chi connectivity index (χ0v) is 14.7. The third-order valence-electron chi connectivity index (χ3n) is 4.93. The third-order valence-corrected chi connectivity index (χ3v) is 4.93. The van der Waals surface area contributed by atoms with E-state index in [-0.39, 0.29) is 5.69 Å². The molecule has 1 aliphatic rings. The number of nitro groups is 1. The van der Waals surface area contributed by atoms with Crippen LogP contribution >= 0.6 is 0 Å². The first-order chi connectivity index (χ1) is 13.0. The second-order valence-corrected chi connectivity index (χ2v) is 6.55. The Morgan fingerprint density at radius 3 is 2.44 bits per heavy atom. The van der Waals surface area contributed by atoms with Crippen molar-refractivity contribution in [2.75, 3.05) is 0 Å². The van der Waals surface area contributed by atoms with Gasteiger partial charge in [0.15, 0.2) is 0 Å². The molecule has 0 radical (unpaired) electrons. The molecule has 1 amide bonds. The van der Waals surface area contributed by atoms with Crippen molar-refractivity contribution in [3.63, 3.8) is 0 Å². The van der Waals surface area contributed by atoms with Crippen LogP contribution in [-0.4, -0.2) is 16.5 Å². The van der Waals surface area contributed by atoms with Gasteiger partial charge in [-0.2, -0.15) is 5.10 Å². The summed E-state index contributed by atoms with van der Waals surface area (Å²) in [5, 5.41) is 17.4. The van der Waals surface area contributed by atoms with Crippen LogP contribution in [0, 0.1) is 10.1 Å². The first-order valence-corrected chi connectivity index (χ1v) is 8.67. The summed E-state index contributed by atoms with van der Waals surface area (Å²) in [6.45, 7) is 1.86. The van der Waals surface area contributed by atoms with Crippen molar-refractivity contribution in [1.82, 2.24) is 5.43 Å². The van der Waals surface area contributed by atoms with E-state index in [9.17, 15) is 14.9 Å². The molecule has 0 atom stereocenters. The van der Waals surface area contributed by atoms with Gasteiger partial charge in [-0.3, -0.25) is 14.9 Å². The number of hydrogen-bond donors (Lipinski definition) is 1. The molecule has 3 aromatic rings. The van der Waals surface area contributed by atoms with Crippen molar-refractivity contribution in [2.45, 2.75) is 19.8 Å². The average Bonchev–Trinajstić information content (AvgIpc) is 3.11. The van der Waals surface area contributed by atoms with Crippen molar-refractivity contribution < 1.29 is 9.72 Å². The monoisotopic (exact) mass is 359 g/mol. The van der Waals surface area contributed by atoms with E-state index < -0.39 is 10.8 Å². The smallest absolute Gasteiger partial charge is 0.267 e. The Balaban J connectivity index is 1.59. The number of non-ortho nitro benzene ring substituents is 1. The number of nitro benzene ring substituents is 1. The molecule has 134 valence electrons. The Morgan fingerprint density at radius 1 is 1.04 bits per heavy atom. The molecule has 0 aliphatic heterocycles. The summed E-state index contributed by atoms with van der Waals surface area (Å²) >= 11 is 0. The van der Waals surface area contributed by atoms with Gasteiger partial charge in [-0.1, -0.05) is 30.3 Å². The largest absolute Gasteiger partial charge is 0.271 e. The average molecular weight is 359 g/mol. The number of hydrazone groups is 1. The first kappa shape index (κ1) is 16.9. The molecule has 0 spiro atoms. The molecule has 0 aromatic heterocycles. The van der Waals surface area contributed by atoms with Crippen molar-refractivity contribution in [3.8, 4) is 0 Å². The van der Waals surface area contributed by atoms with Gasteiger partial charge in [0.25, 0.3) is 11.6 Å². The molecule has 3 aromatic carbocycles. The maximum Gasteiger partial charge on any atom is 0.271 e. The number of nitrogens with zero attached hydrogens (tertiary/aromatic N) is 2. The number of aryl methyl sites for hydroxylation is 2. The van der Waals surface area contributed by atoms with Crippen LogP contribution < -0.4 is 5.43 Å². The highest BCUT2D eigenvalue weighted by Crippen LogP contribution is 2.32. The van der Waals surface area contributed by atoms with E-state index in [1.54, 1.807) is 0 Å². The second-order valence-electron chi connectivity index (χ2n) is 6.55. The molecule has 0 fully saturated rings. The van der Waals surface area contributed by atoms with Gasteiger partial charge in [-0.05, 0) is 53.8 Å². The molecule has 27 heavy (non-hydrogen) atoms. The lowest BCUT2D eigenvalue weighted by atomic mass is 9.98. The SMILES string of the molecule is C/C(=N\NC(=O)c1ccc([N+](=O)[O-])cc1)c1ccc2c3c(cccc13)CC2. The molecular weight excluding hydrogens is 342 g/mol. The zero-order valence-electron chi connectivity index (χ0n) is 14.7. The fourth-order valence-corrected chi connectivity index (χ4v) is 3.56. The Bertz CT molecular complexity index is 1090. The van der Waals surface area contributed by atoms with E-state index in [4.69, 9.17) is 0 Å². The summed E-state index contributed by atoms with van der Waals surface area (Å²) in [6.07, 6.45) is 2.12.